The summed E-state index contributed by atoms with van der Waals surface area (Å²) in [6, 6.07) is 6.83. The molecule has 19 heavy (non-hydrogen) atoms. The van der Waals surface area contributed by atoms with Crippen molar-refractivity contribution in [1.29, 1.82) is 0 Å². The maximum atomic E-state index is 5.31. The van der Waals surface area contributed by atoms with Gasteiger partial charge in [0.25, 0.3) is 0 Å². The Morgan fingerprint density at radius 1 is 1.42 bits per heavy atom. The van der Waals surface area contributed by atoms with E-state index in [9.17, 15) is 0 Å². The zero-order valence-corrected chi connectivity index (χ0v) is 12.0. The van der Waals surface area contributed by atoms with Gasteiger partial charge in [-0.05, 0) is 44.0 Å². The van der Waals surface area contributed by atoms with E-state index in [0.717, 1.165) is 12.2 Å². The Hall–Kier alpha value is -1.48. The molecule has 0 amide bonds. The summed E-state index contributed by atoms with van der Waals surface area (Å²) in [4.78, 5) is 6.17. The van der Waals surface area contributed by atoms with Gasteiger partial charge < -0.3 is 9.72 Å². The predicted octanol–water partition coefficient (Wildman–Crippen LogP) is 3.51. The van der Waals surface area contributed by atoms with Gasteiger partial charge in [0.05, 0.1) is 7.11 Å². The molecule has 0 spiro atoms. The zero-order chi connectivity index (χ0) is 13.4. The van der Waals surface area contributed by atoms with Crippen LogP contribution in [0.15, 0.2) is 18.2 Å². The maximum absolute atomic E-state index is 5.31. The summed E-state index contributed by atoms with van der Waals surface area (Å²) < 4.78 is 5.31. The molecule has 102 valence electrons. The Labute approximate surface area is 114 Å². The van der Waals surface area contributed by atoms with Gasteiger partial charge in [-0.3, -0.25) is 4.90 Å². The van der Waals surface area contributed by atoms with Crippen LogP contribution in [0.4, 0.5) is 0 Å². The van der Waals surface area contributed by atoms with Gasteiger partial charge in [-0.15, -0.1) is 0 Å². The van der Waals surface area contributed by atoms with Crippen molar-refractivity contribution in [2.75, 3.05) is 20.2 Å². The predicted molar refractivity (Wildman–Crippen MR) is 78.8 cm³/mol. The van der Waals surface area contributed by atoms with Crippen molar-refractivity contribution in [3.8, 4) is 5.75 Å². The first-order valence-corrected chi connectivity index (χ1v) is 7.17. The molecule has 2 aromatic rings. The van der Waals surface area contributed by atoms with E-state index < -0.39 is 0 Å². The quantitative estimate of drug-likeness (QED) is 0.912. The molecule has 0 bridgehead atoms. The molecule has 0 fully saturated rings. The van der Waals surface area contributed by atoms with E-state index in [1.54, 1.807) is 7.11 Å². The largest absolute Gasteiger partial charge is 0.497 e. The van der Waals surface area contributed by atoms with Crippen molar-refractivity contribution in [3.63, 3.8) is 0 Å². The Bertz CT molecular complexity index is 588. The van der Waals surface area contributed by atoms with Crippen molar-refractivity contribution < 1.29 is 4.74 Å². The molecule has 0 radical (unpaired) electrons. The summed E-state index contributed by atoms with van der Waals surface area (Å²) in [5.41, 5.74) is 4.09. The van der Waals surface area contributed by atoms with Gasteiger partial charge >= 0.3 is 0 Å². The lowest BCUT2D eigenvalue weighted by Crippen LogP contribution is -2.34. The smallest absolute Gasteiger partial charge is 0.120 e. The van der Waals surface area contributed by atoms with E-state index in [0.29, 0.717) is 6.04 Å². The third-order valence-corrected chi connectivity index (χ3v) is 4.27. The highest BCUT2D eigenvalue weighted by atomic mass is 16.5. The van der Waals surface area contributed by atoms with Crippen LogP contribution in [-0.2, 0) is 6.42 Å². The van der Waals surface area contributed by atoms with Crippen LogP contribution in [0.3, 0.4) is 0 Å². The summed E-state index contributed by atoms with van der Waals surface area (Å²) >= 11 is 0. The van der Waals surface area contributed by atoms with Crippen LogP contribution in [0.1, 0.15) is 37.6 Å². The molecule has 0 saturated heterocycles. The molecule has 3 nitrogen and oxygen atoms in total. The minimum atomic E-state index is 0.488. The average molecular weight is 258 g/mol. The van der Waals surface area contributed by atoms with Gasteiger partial charge in [0, 0.05) is 35.2 Å². The monoisotopic (exact) mass is 258 g/mol. The SMILES string of the molecule is CCCN1CCc2c([nH]c3cc(OC)ccc23)[C@H]1C. The molecule has 2 heterocycles. The standard InChI is InChI=1S/C16H22N2O/c1-4-8-18-9-7-14-13-6-5-12(19-3)10-15(13)17-16(14)11(18)2/h5-6,10-11,17H,4,7-9H2,1-3H3/t11-/m1/s1. The van der Waals surface area contributed by atoms with E-state index >= 15 is 0 Å². The summed E-state index contributed by atoms with van der Waals surface area (Å²) in [5.74, 6) is 0.921. The number of rotatable bonds is 3. The number of fused-ring (bicyclic) bond motifs is 3. The summed E-state index contributed by atoms with van der Waals surface area (Å²) in [6.07, 6.45) is 2.36. The fraction of sp³-hybridized carbons (Fsp3) is 0.500. The number of aromatic amines is 1. The lowest BCUT2D eigenvalue weighted by Gasteiger charge is -2.33. The van der Waals surface area contributed by atoms with Gasteiger partial charge in [-0.25, -0.2) is 0 Å². The van der Waals surface area contributed by atoms with Crippen LogP contribution < -0.4 is 4.74 Å². The fourth-order valence-electron chi connectivity index (χ4n) is 3.23. The first kappa shape index (κ1) is 12.5. The van der Waals surface area contributed by atoms with E-state index in [1.165, 1.54) is 41.7 Å². The van der Waals surface area contributed by atoms with E-state index in [4.69, 9.17) is 4.74 Å². The van der Waals surface area contributed by atoms with Gasteiger partial charge in [0.15, 0.2) is 0 Å². The van der Waals surface area contributed by atoms with Crippen molar-refractivity contribution in [1.82, 2.24) is 9.88 Å². The second-order valence-corrected chi connectivity index (χ2v) is 5.39. The number of H-pyrrole nitrogens is 1. The Morgan fingerprint density at radius 3 is 3.00 bits per heavy atom. The van der Waals surface area contributed by atoms with Crippen LogP contribution in [0, 0.1) is 0 Å². The lowest BCUT2D eigenvalue weighted by molar-refractivity contribution is 0.196. The Morgan fingerprint density at radius 2 is 2.26 bits per heavy atom. The lowest BCUT2D eigenvalue weighted by atomic mass is 9.98. The van der Waals surface area contributed by atoms with Crippen LogP contribution >= 0.6 is 0 Å². The normalized spacial score (nSPS) is 19.6. The van der Waals surface area contributed by atoms with Crippen LogP contribution in [0.25, 0.3) is 10.9 Å². The molecule has 0 unspecified atom stereocenters. The minimum absolute atomic E-state index is 0.488. The third-order valence-electron chi connectivity index (χ3n) is 4.27. The molecule has 1 N–H and O–H groups in total. The van der Waals surface area contributed by atoms with Crippen LogP contribution in [0.2, 0.25) is 0 Å². The summed E-state index contributed by atoms with van der Waals surface area (Å²) in [6.45, 7) is 6.90. The first-order valence-electron chi connectivity index (χ1n) is 7.17. The molecule has 3 rings (SSSR count). The van der Waals surface area contributed by atoms with Crippen LogP contribution in [-0.4, -0.2) is 30.1 Å². The number of aromatic nitrogens is 1. The van der Waals surface area contributed by atoms with Crippen molar-refractivity contribution in [3.05, 3.63) is 29.5 Å². The molecule has 1 aromatic heterocycles. The number of nitrogens with zero attached hydrogens (tertiary/aromatic N) is 1. The fourth-order valence-corrected chi connectivity index (χ4v) is 3.23. The number of ether oxygens (including phenoxy) is 1. The first-order chi connectivity index (χ1) is 9.24. The summed E-state index contributed by atoms with van der Waals surface area (Å²) in [7, 11) is 1.72. The Kier molecular flexibility index (Phi) is 3.23. The van der Waals surface area contributed by atoms with Gasteiger partial charge in [-0.2, -0.15) is 0 Å². The molecule has 1 aromatic carbocycles. The molecular formula is C16H22N2O. The van der Waals surface area contributed by atoms with E-state index in [1.807, 2.05) is 0 Å². The number of benzene rings is 1. The number of hydrogen-bond donors (Lipinski definition) is 1. The highest BCUT2D eigenvalue weighted by Gasteiger charge is 2.26. The maximum Gasteiger partial charge on any atom is 0.120 e. The zero-order valence-electron chi connectivity index (χ0n) is 12.0. The molecule has 1 aliphatic heterocycles. The van der Waals surface area contributed by atoms with Crippen molar-refractivity contribution >= 4 is 10.9 Å². The van der Waals surface area contributed by atoms with E-state index in [-0.39, 0.29) is 0 Å². The molecular weight excluding hydrogens is 236 g/mol. The topological polar surface area (TPSA) is 28.3 Å². The molecule has 0 aliphatic carbocycles. The number of methoxy groups -OCH3 is 1. The van der Waals surface area contributed by atoms with Crippen molar-refractivity contribution in [2.24, 2.45) is 0 Å². The van der Waals surface area contributed by atoms with Crippen LogP contribution in [0.5, 0.6) is 5.75 Å². The van der Waals surface area contributed by atoms with E-state index in [2.05, 4.69) is 41.9 Å². The highest BCUT2D eigenvalue weighted by molar-refractivity contribution is 5.86. The van der Waals surface area contributed by atoms with Gasteiger partial charge in [0.2, 0.25) is 0 Å². The second-order valence-electron chi connectivity index (χ2n) is 5.39. The summed E-state index contributed by atoms with van der Waals surface area (Å²) in [5, 5.41) is 1.36. The molecule has 1 atom stereocenters. The third kappa shape index (κ3) is 2.02. The second kappa shape index (κ2) is 4.89. The Balaban J connectivity index is 2.05. The van der Waals surface area contributed by atoms with Crippen molar-refractivity contribution in [2.45, 2.75) is 32.7 Å². The highest BCUT2D eigenvalue weighted by Crippen LogP contribution is 2.35. The average Bonchev–Trinajstić information content (AvgIpc) is 2.80. The number of hydrogen-bond acceptors (Lipinski definition) is 2. The molecule has 3 heteroatoms. The molecule has 0 saturated carbocycles. The number of nitrogens with one attached hydrogen (secondary N) is 1. The van der Waals surface area contributed by atoms with Gasteiger partial charge in [0.1, 0.15) is 5.75 Å². The minimum Gasteiger partial charge on any atom is -0.497 e. The van der Waals surface area contributed by atoms with Gasteiger partial charge in [-0.1, -0.05) is 6.92 Å². The molecule has 1 aliphatic rings.